The van der Waals surface area contributed by atoms with Gasteiger partial charge in [0, 0.05) is 30.4 Å². The van der Waals surface area contributed by atoms with Gasteiger partial charge in [-0.2, -0.15) is 0 Å². The fraction of sp³-hybridized carbons (Fsp3) is 0.682. The van der Waals surface area contributed by atoms with Crippen molar-refractivity contribution in [2.45, 2.75) is 75.1 Å². The van der Waals surface area contributed by atoms with Crippen molar-refractivity contribution in [2.75, 3.05) is 20.2 Å². The van der Waals surface area contributed by atoms with Gasteiger partial charge in [-0.1, -0.05) is 28.1 Å². The van der Waals surface area contributed by atoms with Crippen LogP contribution in [0.15, 0.2) is 22.7 Å². The van der Waals surface area contributed by atoms with Crippen LogP contribution < -0.4 is 0 Å². The molecular formula is C22H30BrNO6S. The molecule has 31 heavy (non-hydrogen) atoms. The lowest BCUT2D eigenvalue weighted by molar-refractivity contribution is -0.160. The molecule has 0 amide bonds. The summed E-state index contributed by atoms with van der Waals surface area (Å²) in [5, 5.41) is 0. The molecule has 3 fully saturated rings. The van der Waals surface area contributed by atoms with E-state index in [1.165, 1.54) is 17.0 Å². The van der Waals surface area contributed by atoms with Gasteiger partial charge >= 0.3 is 5.97 Å². The molecule has 3 aliphatic rings. The third-order valence-corrected chi connectivity index (χ3v) is 10.3. The number of benzene rings is 1. The molecule has 0 spiro atoms. The summed E-state index contributed by atoms with van der Waals surface area (Å²) in [6.45, 7) is 6.41. The summed E-state index contributed by atoms with van der Waals surface area (Å²) in [5.41, 5.74) is 2.39. The highest BCUT2D eigenvalue weighted by Gasteiger charge is 2.65. The van der Waals surface area contributed by atoms with Crippen LogP contribution in [-0.2, 0) is 29.0 Å². The first kappa shape index (κ1) is 23.2. The van der Waals surface area contributed by atoms with Crippen LogP contribution in [0.5, 0.6) is 0 Å². The quantitative estimate of drug-likeness (QED) is 0.570. The number of nitrogens with zero attached hydrogens (tertiary/aromatic N) is 1. The molecule has 1 aliphatic carbocycles. The van der Waals surface area contributed by atoms with E-state index < -0.39 is 38.7 Å². The summed E-state index contributed by atoms with van der Waals surface area (Å²) in [5.74, 6) is -1.21. The molecule has 0 aromatic heterocycles. The van der Waals surface area contributed by atoms with Crippen LogP contribution >= 0.6 is 15.9 Å². The fourth-order valence-electron chi connectivity index (χ4n) is 5.26. The minimum absolute atomic E-state index is 0.0575. The molecule has 0 unspecified atom stereocenters. The average Bonchev–Trinajstić information content (AvgIpc) is 3.21. The lowest BCUT2D eigenvalue weighted by atomic mass is 9.89. The first-order chi connectivity index (χ1) is 14.5. The number of methoxy groups -OCH3 is 1. The molecule has 2 aliphatic heterocycles. The van der Waals surface area contributed by atoms with Gasteiger partial charge in [-0.05, 0) is 56.7 Å². The second-order valence-electron chi connectivity index (χ2n) is 9.29. The van der Waals surface area contributed by atoms with Crippen molar-refractivity contribution in [2.24, 2.45) is 0 Å². The van der Waals surface area contributed by atoms with Crippen molar-refractivity contribution in [3.8, 4) is 0 Å². The number of rotatable bonds is 4. The van der Waals surface area contributed by atoms with Gasteiger partial charge in [0.1, 0.15) is 0 Å². The number of aryl methyl sites for hydroxylation is 1. The minimum Gasteiger partial charge on any atom is -0.468 e. The number of hydrogen-bond acceptors (Lipinski definition) is 6. The normalized spacial score (nSPS) is 31.5. The molecule has 2 saturated heterocycles. The molecule has 0 N–H and O–H groups in total. The predicted octanol–water partition coefficient (Wildman–Crippen LogP) is 3.49. The van der Waals surface area contributed by atoms with Gasteiger partial charge in [-0.3, -0.25) is 4.79 Å². The fourth-order valence-corrected chi connectivity index (χ4v) is 7.73. The first-order valence-electron chi connectivity index (χ1n) is 10.7. The lowest BCUT2D eigenvalue weighted by Gasteiger charge is -2.37. The van der Waals surface area contributed by atoms with E-state index in [2.05, 4.69) is 35.0 Å². The largest absolute Gasteiger partial charge is 0.468 e. The Morgan fingerprint density at radius 2 is 1.74 bits per heavy atom. The molecule has 2 heterocycles. The Morgan fingerprint density at radius 1 is 1.16 bits per heavy atom. The van der Waals surface area contributed by atoms with E-state index in [0.29, 0.717) is 31.8 Å². The standard InChI is InChI=1S/C22H30BrNO6S/c1-14-11-16(5-6-17(14)23)15-7-9-24(10-8-15)31(26,27)22(20(25)28-4)12-18-19(13-22)30-21(2,3)29-18/h5-6,11,15,18-19H,7-10,12-13H2,1-4H3/t18-,19+,22-. The smallest absolute Gasteiger partial charge is 0.328 e. The topological polar surface area (TPSA) is 82.1 Å². The third-order valence-electron chi connectivity index (χ3n) is 6.85. The molecular weight excluding hydrogens is 486 g/mol. The van der Waals surface area contributed by atoms with Crippen LogP contribution in [0.4, 0.5) is 0 Å². The zero-order valence-electron chi connectivity index (χ0n) is 18.4. The molecule has 1 saturated carbocycles. The lowest BCUT2D eigenvalue weighted by Crippen LogP contribution is -2.55. The van der Waals surface area contributed by atoms with E-state index in [9.17, 15) is 13.2 Å². The molecule has 7 nitrogen and oxygen atoms in total. The van der Waals surface area contributed by atoms with Crippen LogP contribution in [0, 0.1) is 6.92 Å². The number of carbonyl (C=O) groups excluding carboxylic acids is 1. The summed E-state index contributed by atoms with van der Waals surface area (Å²) in [7, 11) is -2.71. The van der Waals surface area contributed by atoms with Crippen molar-refractivity contribution in [1.29, 1.82) is 0 Å². The molecule has 172 valence electrons. The highest BCUT2D eigenvalue weighted by Crippen LogP contribution is 2.48. The number of carbonyl (C=O) groups is 1. The summed E-state index contributed by atoms with van der Waals surface area (Å²) in [6, 6.07) is 6.29. The Balaban J connectivity index is 1.53. The van der Waals surface area contributed by atoms with E-state index in [-0.39, 0.29) is 12.8 Å². The SMILES string of the molecule is COC(=O)[C@]1(S(=O)(=O)N2CCC(c3ccc(Br)c(C)c3)CC2)C[C@@H]2OC(C)(C)O[C@@H]2C1. The maximum absolute atomic E-state index is 13.8. The molecule has 0 radical (unpaired) electrons. The average molecular weight is 516 g/mol. The highest BCUT2D eigenvalue weighted by atomic mass is 79.9. The number of fused-ring (bicyclic) bond motifs is 1. The number of esters is 1. The predicted molar refractivity (Wildman–Crippen MR) is 119 cm³/mol. The Hall–Kier alpha value is -1.00. The first-order valence-corrected chi connectivity index (χ1v) is 12.9. The summed E-state index contributed by atoms with van der Waals surface area (Å²) in [4.78, 5) is 12.8. The second kappa shape index (κ2) is 8.09. The van der Waals surface area contributed by atoms with Gasteiger partial charge < -0.3 is 14.2 Å². The van der Waals surface area contributed by atoms with E-state index in [4.69, 9.17) is 14.2 Å². The number of sulfonamides is 1. The van der Waals surface area contributed by atoms with Gasteiger partial charge in [-0.25, -0.2) is 12.7 Å². The zero-order valence-corrected chi connectivity index (χ0v) is 20.8. The van der Waals surface area contributed by atoms with Crippen molar-refractivity contribution in [3.05, 3.63) is 33.8 Å². The maximum Gasteiger partial charge on any atom is 0.328 e. The van der Waals surface area contributed by atoms with E-state index in [0.717, 1.165) is 10.0 Å². The zero-order chi connectivity index (χ0) is 22.6. The van der Waals surface area contributed by atoms with Crippen molar-refractivity contribution >= 4 is 31.9 Å². The van der Waals surface area contributed by atoms with Gasteiger partial charge in [0.25, 0.3) is 0 Å². The second-order valence-corrected chi connectivity index (χ2v) is 12.4. The van der Waals surface area contributed by atoms with Crippen molar-refractivity contribution in [3.63, 3.8) is 0 Å². The number of hydrogen-bond donors (Lipinski definition) is 0. The number of piperidine rings is 1. The van der Waals surface area contributed by atoms with E-state index in [1.54, 1.807) is 13.8 Å². The van der Waals surface area contributed by atoms with Gasteiger partial charge in [0.05, 0.1) is 19.3 Å². The summed E-state index contributed by atoms with van der Waals surface area (Å²) < 4.78 is 45.1. The van der Waals surface area contributed by atoms with Crippen LogP contribution in [0.25, 0.3) is 0 Å². The maximum atomic E-state index is 13.8. The highest BCUT2D eigenvalue weighted by molar-refractivity contribution is 9.10. The number of ether oxygens (including phenoxy) is 3. The van der Waals surface area contributed by atoms with Crippen LogP contribution in [0.2, 0.25) is 0 Å². The van der Waals surface area contributed by atoms with Gasteiger partial charge in [0.15, 0.2) is 10.5 Å². The van der Waals surface area contributed by atoms with Gasteiger partial charge in [0.2, 0.25) is 10.0 Å². The number of halogens is 1. The molecule has 1 aromatic rings. The summed E-state index contributed by atoms with van der Waals surface area (Å²) in [6.07, 6.45) is 0.665. The Morgan fingerprint density at radius 3 is 2.26 bits per heavy atom. The Labute approximate surface area is 192 Å². The molecule has 1 aromatic carbocycles. The molecule has 0 bridgehead atoms. The van der Waals surface area contributed by atoms with Gasteiger partial charge in [-0.15, -0.1) is 0 Å². The van der Waals surface area contributed by atoms with Crippen LogP contribution in [-0.4, -0.2) is 61.6 Å². The Kier molecular flexibility index (Phi) is 6.05. The van der Waals surface area contributed by atoms with Crippen molar-refractivity contribution < 1.29 is 27.4 Å². The monoisotopic (exact) mass is 515 g/mol. The van der Waals surface area contributed by atoms with Crippen LogP contribution in [0.3, 0.4) is 0 Å². The van der Waals surface area contributed by atoms with E-state index in [1.807, 2.05) is 6.07 Å². The molecule has 3 atom stereocenters. The van der Waals surface area contributed by atoms with Crippen LogP contribution in [0.1, 0.15) is 56.6 Å². The molecule has 4 rings (SSSR count). The van der Waals surface area contributed by atoms with Crippen molar-refractivity contribution in [1.82, 2.24) is 4.31 Å². The Bertz CT molecular complexity index is 954. The molecule has 9 heteroatoms. The van der Waals surface area contributed by atoms with E-state index >= 15 is 0 Å². The minimum atomic E-state index is -3.94. The summed E-state index contributed by atoms with van der Waals surface area (Å²) >= 11 is 3.53. The third kappa shape index (κ3) is 3.97.